The molecular formula is C17H20N2O4. The van der Waals surface area contributed by atoms with Crippen LogP contribution in [0.2, 0.25) is 0 Å². The number of methoxy groups -OCH3 is 1. The number of carboxylic acids is 1. The van der Waals surface area contributed by atoms with Crippen molar-refractivity contribution in [1.29, 1.82) is 0 Å². The van der Waals surface area contributed by atoms with Crippen LogP contribution in [0.4, 0.5) is 5.69 Å². The average molecular weight is 316 g/mol. The maximum atomic E-state index is 12.5. The van der Waals surface area contributed by atoms with Gasteiger partial charge in [-0.1, -0.05) is 0 Å². The first-order valence-corrected chi connectivity index (χ1v) is 7.28. The molecule has 0 saturated carbocycles. The van der Waals surface area contributed by atoms with Gasteiger partial charge in [-0.25, -0.2) is 4.79 Å². The number of carbonyl (C=O) groups excluding carboxylic acids is 1. The SMILES string of the molecule is CCn1c(C)cc(C(=O)Nc2ccc(C(=O)O)cc2OC)c1C. The summed E-state index contributed by atoms with van der Waals surface area (Å²) in [5.41, 5.74) is 3.04. The first-order valence-electron chi connectivity index (χ1n) is 7.28. The Kier molecular flexibility index (Phi) is 4.74. The molecule has 2 aromatic rings. The molecule has 23 heavy (non-hydrogen) atoms. The number of rotatable bonds is 5. The van der Waals surface area contributed by atoms with Crippen molar-refractivity contribution in [3.8, 4) is 5.75 Å². The minimum absolute atomic E-state index is 0.101. The number of carboxylic acid groups (broad SMARTS) is 1. The highest BCUT2D eigenvalue weighted by molar-refractivity contribution is 6.06. The van der Waals surface area contributed by atoms with Crippen LogP contribution in [-0.2, 0) is 6.54 Å². The van der Waals surface area contributed by atoms with Gasteiger partial charge < -0.3 is 19.7 Å². The first-order chi connectivity index (χ1) is 10.9. The normalized spacial score (nSPS) is 10.4. The Morgan fingerprint density at radius 2 is 1.96 bits per heavy atom. The second-order valence-corrected chi connectivity index (χ2v) is 5.20. The number of hydrogen-bond donors (Lipinski definition) is 2. The summed E-state index contributed by atoms with van der Waals surface area (Å²) in [6.07, 6.45) is 0. The average Bonchev–Trinajstić information content (AvgIpc) is 2.81. The van der Waals surface area contributed by atoms with Crippen molar-refractivity contribution >= 4 is 17.6 Å². The van der Waals surface area contributed by atoms with Crippen molar-refractivity contribution in [3.05, 3.63) is 46.8 Å². The monoisotopic (exact) mass is 316 g/mol. The molecule has 1 heterocycles. The van der Waals surface area contributed by atoms with Crippen molar-refractivity contribution in [3.63, 3.8) is 0 Å². The number of anilines is 1. The summed E-state index contributed by atoms with van der Waals surface area (Å²) in [6, 6.07) is 6.18. The fourth-order valence-corrected chi connectivity index (χ4v) is 2.63. The van der Waals surface area contributed by atoms with Gasteiger partial charge >= 0.3 is 5.97 Å². The summed E-state index contributed by atoms with van der Waals surface area (Å²) in [5, 5.41) is 11.8. The van der Waals surface area contributed by atoms with Crippen LogP contribution in [0.3, 0.4) is 0 Å². The summed E-state index contributed by atoms with van der Waals surface area (Å²) >= 11 is 0. The highest BCUT2D eigenvalue weighted by Crippen LogP contribution is 2.27. The first kappa shape index (κ1) is 16.6. The molecule has 6 nitrogen and oxygen atoms in total. The number of nitrogens with one attached hydrogen (secondary N) is 1. The predicted molar refractivity (Wildman–Crippen MR) is 87.5 cm³/mol. The van der Waals surface area contributed by atoms with Crippen molar-refractivity contribution < 1.29 is 19.4 Å². The van der Waals surface area contributed by atoms with Crippen LogP contribution in [0, 0.1) is 13.8 Å². The Bertz CT molecular complexity index is 762. The molecule has 1 aromatic heterocycles. The molecule has 0 spiro atoms. The van der Waals surface area contributed by atoms with Gasteiger partial charge in [0.25, 0.3) is 5.91 Å². The van der Waals surface area contributed by atoms with E-state index in [9.17, 15) is 9.59 Å². The van der Waals surface area contributed by atoms with Crippen LogP contribution in [-0.4, -0.2) is 28.7 Å². The van der Waals surface area contributed by atoms with E-state index in [0.29, 0.717) is 17.0 Å². The zero-order chi connectivity index (χ0) is 17.1. The van der Waals surface area contributed by atoms with Crippen LogP contribution in [0.5, 0.6) is 5.75 Å². The molecule has 0 radical (unpaired) electrons. The molecule has 0 bridgehead atoms. The molecule has 0 atom stereocenters. The largest absolute Gasteiger partial charge is 0.495 e. The summed E-state index contributed by atoms with van der Waals surface area (Å²) < 4.78 is 7.23. The van der Waals surface area contributed by atoms with E-state index in [1.165, 1.54) is 25.3 Å². The Morgan fingerprint density at radius 1 is 1.26 bits per heavy atom. The van der Waals surface area contributed by atoms with Crippen LogP contribution >= 0.6 is 0 Å². The Morgan fingerprint density at radius 3 is 2.48 bits per heavy atom. The number of carbonyl (C=O) groups is 2. The topological polar surface area (TPSA) is 80.6 Å². The van der Waals surface area contributed by atoms with Gasteiger partial charge in [-0.2, -0.15) is 0 Å². The van der Waals surface area contributed by atoms with Crippen LogP contribution < -0.4 is 10.1 Å². The lowest BCUT2D eigenvalue weighted by molar-refractivity contribution is 0.0696. The maximum absolute atomic E-state index is 12.5. The third-order valence-corrected chi connectivity index (χ3v) is 3.83. The van der Waals surface area contributed by atoms with Crippen LogP contribution in [0.1, 0.15) is 39.0 Å². The van der Waals surface area contributed by atoms with Gasteiger partial charge in [-0.15, -0.1) is 0 Å². The second kappa shape index (κ2) is 6.56. The van der Waals surface area contributed by atoms with E-state index in [2.05, 4.69) is 9.88 Å². The molecule has 0 saturated heterocycles. The van der Waals surface area contributed by atoms with Gasteiger partial charge in [0.1, 0.15) is 5.75 Å². The van der Waals surface area contributed by atoms with Crippen molar-refractivity contribution in [2.45, 2.75) is 27.3 Å². The molecule has 2 N–H and O–H groups in total. The molecule has 122 valence electrons. The fraction of sp³-hybridized carbons (Fsp3) is 0.294. The number of ether oxygens (including phenoxy) is 1. The zero-order valence-electron chi connectivity index (χ0n) is 13.6. The van der Waals surface area contributed by atoms with Gasteiger partial charge in [0.05, 0.1) is 23.9 Å². The molecule has 2 rings (SSSR count). The molecule has 0 aliphatic rings. The summed E-state index contributed by atoms with van der Waals surface area (Å²) in [7, 11) is 1.43. The van der Waals surface area contributed by atoms with Gasteiger partial charge in [-0.05, 0) is 45.0 Å². The van der Waals surface area contributed by atoms with Gasteiger partial charge in [-0.3, -0.25) is 4.79 Å². The maximum Gasteiger partial charge on any atom is 0.335 e. The van der Waals surface area contributed by atoms with Crippen LogP contribution in [0.25, 0.3) is 0 Å². The quantitative estimate of drug-likeness (QED) is 0.888. The zero-order valence-corrected chi connectivity index (χ0v) is 13.6. The molecule has 0 unspecified atom stereocenters. The van der Waals surface area contributed by atoms with E-state index in [1.54, 1.807) is 0 Å². The van der Waals surface area contributed by atoms with Crippen LogP contribution in [0.15, 0.2) is 24.3 Å². The Hall–Kier alpha value is -2.76. The van der Waals surface area contributed by atoms with E-state index in [-0.39, 0.29) is 11.5 Å². The lowest BCUT2D eigenvalue weighted by Crippen LogP contribution is -2.14. The number of aryl methyl sites for hydroxylation is 1. The minimum Gasteiger partial charge on any atom is -0.495 e. The number of hydrogen-bond acceptors (Lipinski definition) is 3. The summed E-state index contributed by atoms with van der Waals surface area (Å²) in [4.78, 5) is 23.5. The Balaban J connectivity index is 2.32. The molecule has 1 amide bonds. The summed E-state index contributed by atoms with van der Waals surface area (Å²) in [6.45, 7) is 6.67. The van der Waals surface area contributed by atoms with E-state index < -0.39 is 5.97 Å². The summed E-state index contributed by atoms with van der Waals surface area (Å²) in [5.74, 6) is -0.991. The van der Waals surface area contributed by atoms with E-state index in [0.717, 1.165) is 17.9 Å². The molecule has 0 fully saturated rings. The highest BCUT2D eigenvalue weighted by Gasteiger charge is 2.17. The third-order valence-electron chi connectivity index (χ3n) is 3.83. The molecular weight excluding hydrogens is 296 g/mol. The van der Waals surface area contributed by atoms with Crippen molar-refractivity contribution in [1.82, 2.24) is 4.57 Å². The van der Waals surface area contributed by atoms with Gasteiger partial charge in [0.2, 0.25) is 0 Å². The fourth-order valence-electron chi connectivity index (χ4n) is 2.63. The molecule has 6 heteroatoms. The third kappa shape index (κ3) is 3.21. The smallest absolute Gasteiger partial charge is 0.335 e. The standard InChI is InChI=1S/C17H20N2O4/c1-5-19-10(2)8-13(11(19)3)16(20)18-14-7-6-12(17(21)22)9-15(14)23-4/h6-9H,5H2,1-4H3,(H,18,20)(H,21,22). The predicted octanol–water partition coefficient (Wildman–Crippen LogP) is 3.08. The van der Waals surface area contributed by atoms with Crippen molar-refractivity contribution in [2.24, 2.45) is 0 Å². The van der Waals surface area contributed by atoms with Crippen molar-refractivity contribution in [2.75, 3.05) is 12.4 Å². The number of aromatic carboxylic acids is 1. The van der Waals surface area contributed by atoms with Gasteiger partial charge in [0, 0.05) is 17.9 Å². The van der Waals surface area contributed by atoms with E-state index >= 15 is 0 Å². The number of benzene rings is 1. The lowest BCUT2D eigenvalue weighted by atomic mass is 10.1. The second-order valence-electron chi connectivity index (χ2n) is 5.20. The van der Waals surface area contributed by atoms with E-state index in [1.807, 2.05) is 26.8 Å². The van der Waals surface area contributed by atoms with E-state index in [4.69, 9.17) is 9.84 Å². The lowest BCUT2D eigenvalue weighted by Gasteiger charge is -2.11. The molecule has 0 aliphatic heterocycles. The highest BCUT2D eigenvalue weighted by atomic mass is 16.5. The number of nitrogens with zero attached hydrogens (tertiary/aromatic N) is 1. The number of aromatic nitrogens is 1. The molecule has 1 aromatic carbocycles. The Labute approximate surface area is 134 Å². The van der Waals surface area contributed by atoms with Gasteiger partial charge in [0.15, 0.2) is 0 Å². The number of amides is 1. The molecule has 0 aliphatic carbocycles. The minimum atomic E-state index is -1.05.